The van der Waals surface area contributed by atoms with Crippen LogP contribution in [0, 0.1) is 5.41 Å². The summed E-state index contributed by atoms with van der Waals surface area (Å²) in [5.74, 6) is 0. The van der Waals surface area contributed by atoms with E-state index in [2.05, 4.69) is 51.8 Å². The van der Waals surface area contributed by atoms with E-state index in [0.29, 0.717) is 23.6 Å². The summed E-state index contributed by atoms with van der Waals surface area (Å²) in [5, 5.41) is 3.74. The first-order valence-electron chi connectivity index (χ1n) is 8.47. The van der Waals surface area contributed by atoms with Crippen molar-refractivity contribution in [3.8, 4) is 0 Å². The van der Waals surface area contributed by atoms with Crippen molar-refractivity contribution in [2.75, 3.05) is 26.2 Å². The van der Waals surface area contributed by atoms with E-state index in [4.69, 9.17) is 4.74 Å². The second-order valence-electron chi connectivity index (χ2n) is 7.36. The van der Waals surface area contributed by atoms with Crippen molar-refractivity contribution < 1.29 is 4.74 Å². The Hall–Kier alpha value is -0.120. The molecular weight excluding hydrogens is 248 g/mol. The van der Waals surface area contributed by atoms with Crippen molar-refractivity contribution in [1.82, 2.24) is 10.2 Å². The largest absolute Gasteiger partial charge is 0.376 e. The number of morpholine rings is 1. The molecule has 0 spiro atoms. The van der Waals surface area contributed by atoms with Crippen LogP contribution in [0.3, 0.4) is 0 Å². The fourth-order valence-electron chi connectivity index (χ4n) is 3.02. The van der Waals surface area contributed by atoms with Gasteiger partial charge in [0.15, 0.2) is 0 Å². The van der Waals surface area contributed by atoms with Gasteiger partial charge in [-0.05, 0) is 38.1 Å². The monoisotopic (exact) mass is 284 g/mol. The zero-order chi connectivity index (χ0) is 15.2. The van der Waals surface area contributed by atoms with Crippen molar-refractivity contribution in [3.05, 3.63) is 0 Å². The molecule has 0 aliphatic carbocycles. The maximum Gasteiger partial charge on any atom is 0.0674 e. The average molecular weight is 284 g/mol. The Bertz CT molecular complexity index is 262. The minimum atomic E-state index is 0.328. The van der Waals surface area contributed by atoms with Gasteiger partial charge in [-0.3, -0.25) is 4.90 Å². The Morgan fingerprint density at radius 2 is 2.00 bits per heavy atom. The number of ether oxygens (including phenoxy) is 1. The molecule has 0 aromatic carbocycles. The molecule has 1 aliphatic rings. The lowest BCUT2D eigenvalue weighted by atomic mass is 9.84. The van der Waals surface area contributed by atoms with Gasteiger partial charge in [-0.25, -0.2) is 0 Å². The van der Waals surface area contributed by atoms with Gasteiger partial charge in [0.25, 0.3) is 0 Å². The highest BCUT2D eigenvalue weighted by atomic mass is 16.5. The lowest BCUT2D eigenvalue weighted by Gasteiger charge is -2.40. The van der Waals surface area contributed by atoms with Crippen molar-refractivity contribution >= 4 is 0 Å². The molecule has 0 aromatic rings. The molecule has 3 nitrogen and oxygen atoms in total. The van der Waals surface area contributed by atoms with Gasteiger partial charge in [-0.2, -0.15) is 0 Å². The van der Waals surface area contributed by atoms with E-state index in [9.17, 15) is 0 Å². The van der Waals surface area contributed by atoms with Crippen LogP contribution >= 0.6 is 0 Å². The molecule has 1 aliphatic heterocycles. The minimum absolute atomic E-state index is 0.328. The van der Waals surface area contributed by atoms with E-state index in [-0.39, 0.29) is 0 Å². The van der Waals surface area contributed by atoms with Gasteiger partial charge in [0.1, 0.15) is 0 Å². The summed E-state index contributed by atoms with van der Waals surface area (Å²) in [6, 6.07) is 1.20. The third kappa shape index (κ3) is 5.71. The molecule has 0 amide bonds. The number of rotatable bonds is 7. The molecule has 1 heterocycles. The Labute approximate surface area is 126 Å². The first-order chi connectivity index (χ1) is 9.38. The smallest absolute Gasteiger partial charge is 0.0674 e. The van der Waals surface area contributed by atoms with Gasteiger partial charge in [0.2, 0.25) is 0 Å². The topological polar surface area (TPSA) is 24.5 Å². The Morgan fingerprint density at radius 3 is 2.55 bits per heavy atom. The zero-order valence-electron chi connectivity index (χ0n) is 14.5. The van der Waals surface area contributed by atoms with Gasteiger partial charge < -0.3 is 10.1 Å². The SMILES string of the molecule is CCCNC(CCN1CC(C)OCC1CC)C(C)(C)C. The molecular formula is C17H36N2O. The highest BCUT2D eigenvalue weighted by Crippen LogP contribution is 2.23. The highest BCUT2D eigenvalue weighted by molar-refractivity contribution is 4.84. The maximum absolute atomic E-state index is 5.79. The zero-order valence-corrected chi connectivity index (χ0v) is 14.5. The predicted molar refractivity (Wildman–Crippen MR) is 87.2 cm³/mol. The fourth-order valence-corrected chi connectivity index (χ4v) is 3.02. The summed E-state index contributed by atoms with van der Waals surface area (Å²) in [6.45, 7) is 18.0. The second-order valence-corrected chi connectivity index (χ2v) is 7.36. The lowest BCUT2D eigenvalue weighted by molar-refractivity contribution is -0.0575. The third-order valence-corrected chi connectivity index (χ3v) is 4.44. The quantitative estimate of drug-likeness (QED) is 0.776. The second kappa shape index (κ2) is 8.35. The summed E-state index contributed by atoms with van der Waals surface area (Å²) in [5.41, 5.74) is 0.328. The average Bonchev–Trinajstić information content (AvgIpc) is 2.37. The van der Waals surface area contributed by atoms with Crippen LogP contribution < -0.4 is 5.32 Å². The van der Waals surface area contributed by atoms with E-state index in [0.717, 1.165) is 19.7 Å². The highest BCUT2D eigenvalue weighted by Gasteiger charge is 2.28. The Balaban J connectivity index is 2.51. The van der Waals surface area contributed by atoms with Crippen LogP contribution in [0.4, 0.5) is 0 Å². The van der Waals surface area contributed by atoms with Crippen LogP contribution in [0.2, 0.25) is 0 Å². The maximum atomic E-state index is 5.79. The molecule has 1 saturated heterocycles. The van der Waals surface area contributed by atoms with Crippen LogP contribution in [-0.2, 0) is 4.74 Å². The summed E-state index contributed by atoms with van der Waals surface area (Å²) in [4.78, 5) is 2.64. The molecule has 1 N–H and O–H groups in total. The summed E-state index contributed by atoms with van der Waals surface area (Å²) in [6.07, 6.45) is 4.01. The summed E-state index contributed by atoms with van der Waals surface area (Å²) >= 11 is 0. The van der Waals surface area contributed by atoms with Gasteiger partial charge in [-0.15, -0.1) is 0 Å². The first-order valence-corrected chi connectivity index (χ1v) is 8.47. The molecule has 0 aromatic heterocycles. The summed E-state index contributed by atoms with van der Waals surface area (Å²) in [7, 11) is 0. The Morgan fingerprint density at radius 1 is 1.30 bits per heavy atom. The van der Waals surface area contributed by atoms with Crippen molar-refractivity contribution in [2.45, 2.75) is 79.0 Å². The molecule has 1 fully saturated rings. The fraction of sp³-hybridized carbons (Fsp3) is 1.00. The third-order valence-electron chi connectivity index (χ3n) is 4.44. The molecule has 3 unspecified atom stereocenters. The molecule has 0 bridgehead atoms. The first kappa shape index (κ1) is 17.9. The lowest BCUT2D eigenvalue weighted by Crippen LogP contribution is -2.51. The number of nitrogens with zero attached hydrogens (tertiary/aromatic N) is 1. The normalized spacial score (nSPS) is 26.7. The Kier molecular flexibility index (Phi) is 7.49. The molecule has 120 valence electrons. The summed E-state index contributed by atoms with van der Waals surface area (Å²) < 4.78 is 5.79. The predicted octanol–water partition coefficient (Wildman–Crippen LogP) is 3.29. The van der Waals surface area contributed by atoms with Gasteiger partial charge in [-0.1, -0.05) is 34.6 Å². The van der Waals surface area contributed by atoms with Crippen molar-refractivity contribution in [2.24, 2.45) is 5.41 Å². The van der Waals surface area contributed by atoms with Crippen LogP contribution in [0.1, 0.15) is 60.8 Å². The van der Waals surface area contributed by atoms with Crippen molar-refractivity contribution in [1.29, 1.82) is 0 Å². The minimum Gasteiger partial charge on any atom is -0.376 e. The molecule has 0 saturated carbocycles. The number of nitrogens with one attached hydrogen (secondary N) is 1. The van der Waals surface area contributed by atoms with Gasteiger partial charge >= 0.3 is 0 Å². The van der Waals surface area contributed by atoms with E-state index < -0.39 is 0 Å². The molecule has 3 heteroatoms. The van der Waals surface area contributed by atoms with E-state index in [1.54, 1.807) is 0 Å². The van der Waals surface area contributed by atoms with Crippen LogP contribution in [0.5, 0.6) is 0 Å². The van der Waals surface area contributed by atoms with Crippen molar-refractivity contribution in [3.63, 3.8) is 0 Å². The molecule has 20 heavy (non-hydrogen) atoms. The van der Waals surface area contributed by atoms with Gasteiger partial charge in [0, 0.05) is 25.2 Å². The van der Waals surface area contributed by atoms with Crippen LogP contribution in [0.15, 0.2) is 0 Å². The van der Waals surface area contributed by atoms with Crippen LogP contribution in [-0.4, -0.2) is 49.3 Å². The number of hydrogen-bond acceptors (Lipinski definition) is 3. The van der Waals surface area contributed by atoms with E-state index >= 15 is 0 Å². The van der Waals surface area contributed by atoms with E-state index in [1.165, 1.54) is 25.8 Å². The standard InChI is InChI=1S/C17H36N2O/c1-7-10-18-16(17(4,5)6)9-11-19-12-14(3)20-13-15(19)8-2/h14-16,18H,7-13H2,1-6H3. The molecule has 3 atom stereocenters. The van der Waals surface area contributed by atoms with Gasteiger partial charge in [0.05, 0.1) is 12.7 Å². The van der Waals surface area contributed by atoms with Crippen LogP contribution in [0.25, 0.3) is 0 Å². The molecule has 1 rings (SSSR count). The number of hydrogen-bond donors (Lipinski definition) is 1. The molecule has 0 radical (unpaired) electrons. The van der Waals surface area contributed by atoms with E-state index in [1.807, 2.05) is 0 Å².